The lowest BCUT2D eigenvalue weighted by Crippen LogP contribution is -2.37. The smallest absolute Gasteiger partial charge is 0.317 e. The molecule has 5 nitrogen and oxygen atoms in total. The first kappa shape index (κ1) is 13.2. The molecule has 0 saturated carbocycles. The second-order valence-electron chi connectivity index (χ2n) is 3.70. The zero-order chi connectivity index (χ0) is 12.7. The molecule has 1 aromatic carbocycles. The standard InChI is InChI=1S/C12H16N2O3/c1-9(10-5-3-2-4-6-10)14-11(15)7-13-8-12(16)17/h2-6,9,13H,7-8H2,1H3,(H,14,15)(H,16,17). The van der Waals surface area contributed by atoms with E-state index in [9.17, 15) is 9.59 Å². The van der Waals surface area contributed by atoms with Crippen LogP contribution >= 0.6 is 0 Å². The first-order chi connectivity index (χ1) is 8.09. The van der Waals surface area contributed by atoms with Crippen LogP contribution in [-0.4, -0.2) is 30.1 Å². The number of amides is 1. The van der Waals surface area contributed by atoms with E-state index in [1.54, 1.807) is 0 Å². The molecular formula is C12H16N2O3. The SMILES string of the molecule is CC(NC(=O)CNCC(=O)O)c1ccccc1. The molecule has 0 aliphatic rings. The molecule has 0 aliphatic heterocycles. The molecule has 1 unspecified atom stereocenters. The Morgan fingerprint density at radius 1 is 1.24 bits per heavy atom. The highest BCUT2D eigenvalue weighted by Gasteiger charge is 2.08. The van der Waals surface area contributed by atoms with Crippen molar-refractivity contribution in [2.24, 2.45) is 0 Å². The first-order valence-electron chi connectivity index (χ1n) is 5.36. The fourth-order valence-corrected chi connectivity index (χ4v) is 1.40. The summed E-state index contributed by atoms with van der Waals surface area (Å²) in [5, 5.41) is 13.7. The van der Waals surface area contributed by atoms with Gasteiger partial charge in [0.1, 0.15) is 0 Å². The second kappa shape index (κ2) is 6.65. The Morgan fingerprint density at radius 3 is 2.47 bits per heavy atom. The van der Waals surface area contributed by atoms with Gasteiger partial charge in [-0.1, -0.05) is 30.3 Å². The van der Waals surface area contributed by atoms with Crippen molar-refractivity contribution in [3.8, 4) is 0 Å². The normalized spacial score (nSPS) is 11.8. The minimum atomic E-state index is -0.978. The van der Waals surface area contributed by atoms with Gasteiger partial charge in [0.05, 0.1) is 19.1 Å². The predicted octanol–water partition coefficient (Wildman–Crippen LogP) is 0.538. The van der Waals surface area contributed by atoms with Crippen LogP contribution in [0.4, 0.5) is 0 Å². The number of hydrogen-bond donors (Lipinski definition) is 3. The Kier molecular flexibility index (Phi) is 5.16. The lowest BCUT2D eigenvalue weighted by Gasteiger charge is -2.14. The number of aliphatic carboxylic acids is 1. The van der Waals surface area contributed by atoms with E-state index >= 15 is 0 Å². The summed E-state index contributed by atoms with van der Waals surface area (Å²) in [7, 11) is 0. The van der Waals surface area contributed by atoms with Crippen LogP contribution in [0.25, 0.3) is 0 Å². The average Bonchev–Trinajstić information content (AvgIpc) is 2.29. The van der Waals surface area contributed by atoms with E-state index in [2.05, 4.69) is 10.6 Å². The number of benzene rings is 1. The van der Waals surface area contributed by atoms with E-state index in [1.165, 1.54) is 0 Å². The highest BCUT2D eigenvalue weighted by Crippen LogP contribution is 2.10. The summed E-state index contributed by atoms with van der Waals surface area (Å²) in [6, 6.07) is 9.48. The molecule has 1 amide bonds. The summed E-state index contributed by atoms with van der Waals surface area (Å²) in [5.41, 5.74) is 1.01. The first-order valence-corrected chi connectivity index (χ1v) is 5.36. The van der Waals surface area contributed by atoms with Gasteiger partial charge in [0.25, 0.3) is 0 Å². The van der Waals surface area contributed by atoms with E-state index < -0.39 is 5.97 Å². The van der Waals surface area contributed by atoms with Crippen LogP contribution in [-0.2, 0) is 9.59 Å². The van der Waals surface area contributed by atoms with Crippen LogP contribution in [0.1, 0.15) is 18.5 Å². The summed E-state index contributed by atoms with van der Waals surface area (Å²) >= 11 is 0. The van der Waals surface area contributed by atoms with Crippen molar-refractivity contribution in [3.05, 3.63) is 35.9 Å². The molecule has 92 valence electrons. The third kappa shape index (κ3) is 5.12. The maximum atomic E-state index is 11.4. The molecule has 0 bridgehead atoms. The minimum absolute atomic E-state index is 0.00345. The lowest BCUT2D eigenvalue weighted by molar-refractivity contribution is -0.136. The number of carboxylic acids is 1. The van der Waals surface area contributed by atoms with E-state index in [-0.39, 0.29) is 25.0 Å². The van der Waals surface area contributed by atoms with Crippen molar-refractivity contribution in [2.45, 2.75) is 13.0 Å². The van der Waals surface area contributed by atoms with Crippen LogP contribution < -0.4 is 10.6 Å². The molecular weight excluding hydrogens is 220 g/mol. The van der Waals surface area contributed by atoms with Gasteiger partial charge in [0, 0.05) is 0 Å². The number of rotatable bonds is 6. The van der Waals surface area contributed by atoms with Crippen LogP contribution in [0.5, 0.6) is 0 Å². The van der Waals surface area contributed by atoms with Gasteiger partial charge >= 0.3 is 5.97 Å². The lowest BCUT2D eigenvalue weighted by atomic mass is 10.1. The van der Waals surface area contributed by atoms with Crippen molar-refractivity contribution in [2.75, 3.05) is 13.1 Å². The Hall–Kier alpha value is -1.88. The van der Waals surface area contributed by atoms with E-state index in [1.807, 2.05) is 37.3 Å². The summed E-state index contributed by atoms with van der Waals surface area (Å²) < 4.78 is 0. The molecule has 0 saturated heterocycles. The number of carbonyl (C=O) groups is 2. The number of carboxylic acid groups (broad SMARTS) is 1. The average molecular weight is 236 g/mol. The third-order valence-corrected chi connectivity index (χ3v) is 2.24. The summed E-state index contributed by atoms with van der Waals surface area (Å²) in [6.45, 7) is 1.67. The van der Waals surface area contributed by atoms with Crippen molar-refractivity contribution in [1.82, 2.24) is 10.6 Å². The van der Waals surface area contributed by atoms with E-state index in [4.69, 9.17) is 5.11 Å². The van der Waals surface area contributed by atoms with Crippen LogP contribution in [0.15, 0.2) is 30.3 Å². The number of hydrogen-bond acceptors (Lipinski definition) is 3. The Balaban J connectivity index is 2.34. The largest absolute Gasteiger partial charge is 0.480 e. The van der Waals surface area contributed by atoms with Crippen LogP contribution in [0.2, 0.25) is 0 Å². The fraction of sp³-hybridized carbons (Fsp3) is 0.333. The van der Waals surface area contributed by atoms with Crippen molar-refractivity contribution in [1.29, 1.82) is 0 Å². The zero-order valence-electron chi connectivity index (χ0n) is 9.64. The maximum absolute atomic E-state index is 11.4. The minimum Gasteiger partial charge on any atom is -0.480 e. The molecule has 0 heterocycles. The van der Waals surface area contributed by atoms with Gasteiger partial charge in [-0.25, -0.2) is 0 Å². The highest BCUT2D eigenvalue weighted by molar-refractivity contribution is 5.79. The van der Waals surface area contributed by atoms with Crippen molar-refractivity contribution in [3.63, 3.8) is 0 Å². The van der Waals surface area contributed by atoms with E-state index in [0.29, 0.717) is 0 Å². The van der Waals surface area contributed by atoms with Crippen molar-refractivity contribution < 1.29 is 14.7 Å². The summed E-state index contributed by atoms with van der Waals surface area (Å²) in [6.07, 6.45) is 0. The van der Waals surface area contributed by atoms with Crippen molar-refractivity contribution >= 4 is 11.9 Å². The predicted molar refractivity (Wildman–Crippen MR) is 63.5 cm³/mol. The molecule has 0 aromatic heterocycles. The zero-order valence-corrected chi connectivity index (χ0v) is 9.64. The van der Waals surface area contributed by atoms with Gasteiger partial charge < -0.3 is 10.4 Å². The summed E-state index contributed by atoms with van der Waals surface area (Å²) in [5.74, 6) is -1.20. The molecule has 5 heteroatoms. The molecule has 1 rings (SSSR count). The molecule has 0 fully saturated rings. The van der Waals surface area contributed by atoms with Crippen LogP contribution in [0.3, 0.4) is 0 Å². The molecule has 0 aliphatic carbocycles. The number of nitrogens with one attached hydrogen (secondary N) is 2. The molecule has 0 spiro atoms. The third-order valence-electron chi connectivity index (χ3n) is 2.24. The topological polar surface area (TPSA) is 78.4 Å². The fourth-order valence-electron chi connectivity index (χ4n) is 1.40. The maximum Gasteiger partial charge on any atom is 0.317 e. The Labute approximate surface area is 99.8 Å². The second-order valence-corrected chi connectivity index (χ2v) is 3.70. The summed E-state index contributed by atoms with van der Waals surface area (Å²) in [4.78, 5) is 21.7. The Morgan fingerprint density at radius 2 is 1.88 bits per heavy atom. The van der Waals surface area contributed by atoms with Crippen LogP contribution in [0, 0.1) is 0 Å². The van der Waals surface area contributed by atoms with E-state index in [0.717, 1.165) is 5.56 Å². The van der Waals surface area contributed by atoms with Gasteiger partial charge in [-0.05, 0) is 12.5 Å². The molecule has 3 N–H and O–H groups in total. The van der Waals surface area contributed by atoms with Gasteiger partial charge in [-0.2, -0.15) is 0 Å². The van der Waals surface area contributed by atoms with Gasteiger partial charge in [0.2, 0.25) is 5.91 Å². The molecule has 1 atom stereocenters. The van der Waals surface area contributed by atoms with Gasteiger partial charge in [-0.3, -0.25) is 14.9 Å². The Bertz CT molecular complexity index is 379. The number of carbonyl (C=O) groups excluding carboxylic acids is 1. The highest BCUT2D eigenvalue weighted by atomic mass is 16.4. The van der Waals surface area contributed by atoms with Gasteiger partial charge in [0.15, 0.2) is 0 Å². The van der Waals surface area contributed by atoms with Gasteiger partial charge in [-0.15, -0.1) is 0 Å². The molecule has 0 radical (unpaired) electrons. The quantitative estimate of drug-likeness (QED) is 0.673. The molecule has 1 aromatic rings. The monoisotopic (exact) mass is 236 g/mol. The molecule has 17 heavy (non-hydrogen) atoms.